The molecule has 11 heteroatoms. The first-order valence-electron chi connectivity index (χ1n) is 10.7. The molecular weight excluding hydrogens is 476 g/mol. The van der Waals surface area contributed by atoms with E-state index in [4.69, 9.17) is 5.73 Å². The quantitative estimate of drug-likeness (QED) is 0.356. The van der Waals surface area contributed by atoms with Gasteiger partial charge in [0.2, 0.25) is 5.91 Å². The van der Waals surface area contributed by atoms with Gasteiger partial charge < -0.3 is 26.4 Å². The molecule has 0 unspecified atom stereocenters. The fourth-order valence-electron chi connectivity index (χ4n) is 3.17. The number of thiophene rings is 1. The van der Waals surface area contributed by atoms with Crippen LogP contribution in [0.15, 0.2) is 36.4 Å². The molecule has 0 atom stereocenters. The number of halogens is 2. The molecule has 8 nitrogen and oxygen atoms in total. The van der Waals surface area contributed by atoms with Crippen LogP contribution in [-0.2, 0) is 16.9 Å². The molecule has 3 aromatic rings. The van der Waals surface area contributed by atoms with Crippen molar-refractivity contribution in [1.82, 2.24) is 15.2 Å². The van der Waals surface area contributed by atoms with E-state index in [0.717, 1.165) is 23.5 Å². The van der Waals surface area contributed by atoms with Gasteiger partial charge in [-0.3, -0.25) is 9.59 Å². The van der Waals surface area contributed by atoms with Crippen molar-refractivity contribution in [2.45, 2.75) is 26.0 Å². The van der Waals surface area contributed by atoms with E-state index in [0.29, 0.717) is 18.1 Å². The van der Waals surface area contributed by atoms with Gasteiger partial charge in [0.25, 0.3) is 5.91 Å². The van der Waals surface area contributed by atoms with Crippen LogP contribution >= 0.6 is 11.3 Å². The minimum Gasteiger partial charge on any atom is -0.386 e. The largest absolute Gasteiger partial charge is 0.386 e. The zero-order chi connectivity index (χ0) is 25.9. The monoisotopic (exact) mass is 503 g/mol. The second-order valence-electron chi connectivity index (χ2n) is 8.62. The van der Waals surface area contributed by atoms with Crippen molar-refractivity contribution in [3.05, 3.63) is 64.9 Å². The average molecular weight is 504 g/mol. The third-order valence-corrected chi connectivity index (χ3v) is 6.19. The topological polar surface area (TPSA) is 121 Å². The number of nitrogens with zero attached hydrogens (tertiary/aromatic N) is 2. The number of likely N-dealkylation sites (N-methyl/N-ethyl adjacent to an activating group) is 1. The summed E-state index contributed by atoms with van der Waals surface area (Å²) in [4.78, 5) is 29.8. The van der Waals surface area contributed by atoms with Gasteiger partial charge in [0.15, 0.2) is 0 Å². The van der Waals surface area contributed by atoms with E-state index < -0.39 is 23.1 Å². The molecule has 0 radical (unpaired) electrons. The molecular formula is C24H27F2N5O3S. The molecule has 35 heavy (non-hydrogen) atoms. The fourth-order valence-corrected chi connectivity index (χ4v) is 4.29. The number of hydrogen-bond donors (Lipinski definition) is 4. The summed E-state index contributed by atoms with van der Waals surface area (Å²) < 4.78 is 29.7. The molecule has 3 rings (SSSR count). The van der Waals surface area contributed by atoms with Gasteiger partial charge in [-0.25, -0.2) is 13.8 Å². The van der Waals surface area contributed by atoms with Gasteiger partial charge in [0.05, 0.1) is 29.0 Å². The van der Waals surface area contributed by atoms with Crippen molar-refractivity contribution in [3.8, 4) is 10.4 Å². The van der Waals surface area contributed by atoms with E-state index in [9.17, 15) is 23.5 Å². The van der Waals surface area contributed by atoms with Gasteiger partial charge >= 0.3 is 0 Å². The lowest BCUT2D eigenvalue weighted by molar-refractivity contribution is -0.127. The Balaban J connectivity index is 1.87. The molecule has 0 bridgehead atoms. The second kappa shape index (κ2) is 10.5. The van der Waals surface area contributed by atoms with Gasteiger partial charge in [-0.15, -0.1) is 11.3 Å². The van der Waals surface area contributed by atoms with Crippen LogP contribution in [0.25, 0.3) is 10.4 Å². The molecule has 0 aliphatic rings. The summed E-state index contributed by atoms with van der Waals surface area (Å²) in [5.41, 5.74) is 4.53. The van der Waals surface area contributed by atoms with Crippen molar-refractivity contribution in [2.75, 3.05) is 26.0 Å². The van der Waals surface area contributed by atoms with Crippen LogP contribution in [0, 0.1) is 11.6 Å². The number of rotatable bonds is 9. The normalized spacial score (nSPS) is 11.4. The number of nitrogens with one attached hydrogen (secondary N) is 2. The number of carbonyl (C=O) groups is 2. The smallest absolute Gasteiger partial charge is 0.251 e. The Bertz CT molecular complexity index is 1230. The molecule has 0 spiro atoms. The number of nitrogens with two attached hydrogens (primary N) is 1. The van der Waals surface area contributed by atoms with E-state index in [1.54, 1.807) is 32.3 Å². The Kier molecular flexibility index (Phi) is 7.83. The van der Waals surface area contributed by atoms with Crippen molar-refractivity contribution < 1.29 is 23.5 Å². The minimum absolute atomic E-state index is 0.0530. The Labute approximate surface area is 205 Å². The molecule has 0 aliphatic heterocycles. The van der Waals surface area contributed by atoms with Crippen LogP contribution in [0.2, 0.25) is 0 Å². The van der Waals surface area contributed by atoms with Crippen molar-refractivity contribution in [1.29, 1.82) is 0 Å². The number of aromatic nitrogens is 1. The van der Waals surface area contributed by atoms with Crippen molar-refractivity contribution >= 4 is 34.0 Å². The van der Waals surface area contributed by atoms with E-state index in [2.05, 4.69) is 15.6 Å². The zero-order valence-electron chi connectivity index (χ0n) is 19.8. The first kappa shape index (κ1) is 26.2. The number of hydrogen-bond acceptors (Lipinski definition) is 7. The highest BCUT2D eigenvalue weighted by molar-refractivity contribution is 7.20. The standard InChI is InChI=1S/C24H27F2N5O3S/c1-24(2,34)13-8-16(25)21(17(26)9-13)18-10-15(22(27)33)23(35-18)30-19-7-5-6-14(29-19)11-28-12-20(32)31(3)4/h5-10,28,34H,11-12H2,1-4H3,(H2,27,33)(H,29,30). The van der Waals surface area contributed by atoms with Crippen LogP contribution in [0.4, 0.5) is 19.6 Å². The number of primary amides is 1. The van der Waals surface area contributed by atoms with Crippen LogP contribution in [0.3, 0.4) is 0 Å². The lowest BCUT2D eigenvalue weighted by Crippen LogP contribution is -2.32. The third kappa shape index (κ3) is 6.38. The Hall–Kier alpha value is -3.41. The first-order valence-corrected chi connectivity index (χ1v) is 11.5. The number of carbonyl (C=O) groups excluding carboxylic acids is 2. The maximum absolute atomic E-state index is 14.8. The first-order chi connectivity index (χ1) is 16.4. The summed E-state index contributed by atoms with van der Waals surface area (Å²) in [5.74, 6) is -2.21. The molecule has 2 aromatic heterocycles. The maximum Gasteiger partial charge on any atom is 0.251 e. The molecule has 2 heterocycles. The maximum atomic E-state index is 14.8. The number of pyridine rings is 1. The lowest BCUT2D eigenvalue weighted by Gasteiger charge is -2.18. The Morgan fingerprint density at radius 1 is 1.17 bits per heavy atom. The summed E-state index contributed by atoms with van der Waals surface area (Å²) in [7, 11) is 3.33. The van der Waals surface area contributed by atoms with Gasteiger partial charge in [-0.1, -0.05) is 6.07 Å². The molecule has 2 amide bonds. The highest BCUT2D eigenvalue weighted by atomic mass is 32.1. The second-order valence-corrected chi connectivity index (χ2v) is 9.67. The molecule has 1 aromatic carbocycles. The minimum atomic E-state index is -1.42. The summed E-state index contributed by atoms with van der Waals surface area (Å²) in [6.07, 6.45) is 0. The number of anilines is 2. The van der Waals surface area contributed by atoms with Gasteiger partial charge in [0.1, 0.15) is 22.5 Å². The summed E-state index contributed by atoms with van der Waals surface area (Å²) in [5, 5.41) is 16.4. The van der Waals surface area contributed by atoms with Gasteiger partial charge in [-0.2, -0.15) is 0 Å². The third-order valence-electron chi connectivity index (χ3n) is 5.12. The van der Waals surface area contributed by atoms with Crippen LogP contribution in [0.5, 0.6) is 0 Å². The fraction of sp³-hybridized carbons (Fsp3) is 0.292. The Morgan fingerprint density at radius 3 is 2.40 bits per heavy atom. The van der Waals surface area contributed by atoms with Crippen LogP contribution < -0.4 is 16.4 Å². The molecule has 0 fully saturated rings. The van der Waals surface area contributed by atoms with Crippen LogP contribution in [-0.4, -0.2) is 47.4 Å². The highest BCUT2D eigenvalue weighted by Crippen LogP contribution is 2.40. The van der Waals surface area contributed by atoms with Gasteiger partial charge in [-0.05, 0) is 49.7 Å². The molecule has 0 saturated carbocycles. The van der Waals surface area contributed by atoms with E-state index >= 15 is 0 Å². The molecule has 0 aliphatic carbocycles. The highest BCUT2D eigenvalue weighted by Gasteiger charge is 2.24. The molecule has 186 valence electrons. The number of aliphatic hydroxyl groups is 1. The number of amides is 2. The SMILES string of the molecule is CN(C)C(=O)CNCc1cccc(Nc2sc(-c3c(F)cc(C(C)(C)O)cc3F)cc2C(N)=O)n1. The van der Waals surface area contributed by atoms with E-state index in [1.165, 1.54) is 24.8 Å². The van der Waals surface area contributed by atoms with E-state index in [-0.39, 0.29) is 39.0 Å². The van der Waals surface area contributed by atoms with Crippen molar-refractivity contribution in [3.63, 3.8) is 0 Å². The Morgan fingerprint density at radius 2 is 1.83 bits per heavy atom. The molecule has 0 saturated heterocycles. The lowest BCUT2D eigenvalue weighted by atomic mass is 9.96. The van der Waals surface area contributed by atoms with Gasteiger partial charge in [0, 0.05) is 25.5 Å². The summed E-state index contributed by atoms with van der Waals surface area (Å²) in [6.45, 7) is 3.33. The van der Waals surface area contributed by atoms with Crippen molar-refractivity contribution in [2.24, 2.45) is 5.73 Å². The summed E-state index contributed by atoms with van der Waals surface area (Å²) in [6, 6.07) is 8.62. The summed E-state index contributed by atoms with van der Waals surface area (Å²) >= 11 is 0.948. The predicted molar refractivity (Wildman–Crippen MR) is 131 cm³/mol. The van der Waals surface area contributed by atoms with E-state index in [1.807, 2.05) is 0 Å². The van der Waals surface area contributed by atoms with Crippen LogP contribution in [0.1, 0.15) is 35.5 Å². The molecule has 5 N–H and O–H groups in total. The zero-order valence-corrected chi connectivity index (χ0v) is 20.6. The average Bonchev–Trinajstić information content (AvgIpc) is 3.16. The number of benzene rings is 1. The predicted octanol–water partition coefficient (Wildman–Crippen LogP) is 3.34.